The average molecular weight is 857 g/mol. The van der Waals surface area contributed by atoms with E-state index in [0.717, 1.165) is 22.4 Å². The van der Waals surface area contributed by atoms with E-state index in [9.17, 15) is 29.2 Å². The molecule has 60 heavy (non-hydrogen) atoms. The number of fused-ring (bicyclic) bond motifs is 7. The molecule has 5 atom stereocenters. The van der Waals surface area contributed by atoms with Gasteiger partial charge in [-0.25, -0.2) is 14.9 Å². The number of ether oxygens (including phenoxy) is 1. The summed E-state index contributed by atoms with van der Waals surface area (Å²) < 4.78 is 31.7. The van der Waals surface area contributed by atoms with Crippen molar-refractivity contribution >= 4 is 45.6 Å². The summed E-state index contributed by atoms with van der Waals surface area (Å²) in [5.41, 5.74) is 4.73. The molecule has 0 saturated carbocycles. The molecule has 20 heteroatoms. The summed E-state index contributed by atoms with van der Waals surface area (Å²) in [5, 5.41) is 10.3. The van der Waals surface area contributed by atoms with Crippen LogP contribution in [0.25, 0.3) is 44.9 Å². The summed E-state index contributed by atoms with van der Waals surface area (Å²) in [7, 11) is -5.68. The van der Waals surface area contributed by atoms with Gasteiger partial charge in [-0.15, -0.1) is 0 Å². The number of nitrogens with one attached hydrogen (secondary N) is 3. The number of amides is 2. The summed E-state index contributed by atoms with van der Waals surface area (Å²) in [6, 6.07) is 15.2. The smallest absolute Gasteiger partial charge is 0.412 e. The minimum absolute atomic E-state index is 0.0468. The number of anilines is 1. The lowest BCUT2D eigenvalue weighted by molar-refractivity contribution is -0.254. The third-order valence-electron chi connectivity index (χ3n) is 11.5. The van der Waals surface area contributed by atoms with Gasteiger partial charge in [-0.1, -0.05) is 70.2 Å². The first-order valence-electron chi connectivity index (χ1n) is 19.1. The molecule has 10 bridgehead atoms. The predicted molar refractivity (Wildman–Crippen MR) is 214 cm³/mol. The molecule has 7 N–H and O–H groups in total. The van der Waals surface area contributed by atoms with Crippen LogP contribution in [0.5, 0.6) is 5.75 Å². The second kappa shape index (κ2) is 14.4. The van der Waals surface area contributed by atoms with E-state index in [1.54, 1.807) is 26.2 Å². The van der Waals surface area contributed by atoms with Gasteiger partial charge in [0.05, 0.1) is 17.9 Å². The highest BCUT2D eigenvalue weighted by Gasteiger charge is 2.61. The molecule has 0 aliphatic carbocycles. The van der Waals surface area contributed by atoms with Gasteiger partial charge in [-0.05, 0) is 35.1 Å². The van der Waals surface area contributed by atoms with Crippen molar-refractivity contribution in [2.24, 2.45) is 11.8 Å². The molecule has 3 aromatic heterocycles. The number of carbonyl (C=O) groups excluding carboxylic acids is 2. The van der Waals surface area contributed by atoms with Gasteiger partial charge in [0.2, 0.25) is 17.7 Å². The zero-order valence-electron chi connectivity index (χ0n) is 32.3. The number of nitrogens with zero attached hydrogens (tertiary/aromatic N) is 3. The summed E-state index contributed by atoms with van der Waals surface area (Å²) in [5.74, 6) is -0.436. The van der Waals surface area contributed by atoms with Gasteiger partial charge < -0.3 is 53.7 Å². The van der Waals surface area contributed by atoms with E-state index < -0.39 is 64.8 Å². The van der Waals surface area contributed by atoms with Crippen molar-refractivity contribution in [3.05, 3.63) is 95.3 Å². The van der Waals surface area contributed by atoms with Crippen LogP contribution < -0.4 is 25.3 Å². The molecule has 0 saturated heterocycles. The van der Waals surface area contributed by atoms with Gasteiger partial charge in [-0.2, -0.15) is 9.40 Å². The van der Waals surface area contributed by atoms with Gasteiger partial charge in [0.1, 0.15) is 23.2 Å². The van der Waals surface area contributed by atoms with Crippen LogP contribution >= 0.6 is 17.2 Å². The van der Waals surface area contributed by atoms with Gasteiger partial charge in [0.25, 0.3) is 5.91 Å². The first-order valence-corrected chi connectivity index (χ1v) is 21.5. The molecule has 0 radical (unpaired) electrons. The Morgan fingerprint density at radius 2 is 1.78 bits per heavy atom. The maximum absolute atomic E-state index is 14.4. The van der Waals surface area contributed by atoms with Crippen molar-refractivity contribution in [1.29, 1.82) is 0 Å². The molecule has 4 aliphatic rings. The van der Waals surface area contributed by atoms with Crippen molar-refractivity contribution < 1.29 is 56.9 Å². The van der Waals surface area contributed by atoms with Crippen molar-refractivity contribution in [2.75, 3.05) is 5.32 Å². The fourth-order valence-electron chi connectivity index (χ4n) is 8.87. The van der Waals surface area contributed by atoms with E-state index in [-0.39, 0.29) is 29.8 Å². The molecule has 4 aliphatic heterocycles. The third kappa shape index (κ3) is 5.93. The second-order valence-corrected chi connectivity index (χ2v) is 17.1. The number of aromatic nitrogens is 3. The average Bonchev–Trinajstić information content (AvgIpc) is 4.02. The van der Waals surface area contributed by atoms with Crippen LogP contribution in [0.1, 0.15) is 62.1 Å². The molecule has 7 heterocycles. The van der Waals surface area contributed by atoms with E-state index in [4.69, 9.17) is 33.1 Å². The number of rotatable bonds is 9. The van der Waals surface area contributed by atoms with E-state index in [0.29, 0.717) is 44.9 Å². The Morgan fingerprint density at radius 3 is 2.55 bits per heavy atom. The second-order valence-electron chi connectivity index (χ2n) is 15.8. The molecule has 3 aromatic carbocycles. The molecule has 1 spiro atoms. The van der Waals surface area contributed by atoms with E-state index in [1.807, 2.05) is 68.4 Å². The zero-order valence-corrected chi connectivity index (χ0v) is 34.1. The summed E-state index contributed by atoms with van der Waals surface area (Å²) >= 11 is 0. The third-order valence-corrected chi connectivity index (χ3v) is 12.0. The van der Waals surface area contributed by atoms with Crippen molar-refractivity contribution in [2.45, 2.75) is 63.9 Å². The lowest BCUT2D eigenvalue weighted by Crippen LogP contribution is -2.53. The summed E-state index contributed by atoms with van der Waals surface area (Å²) in [6.07, 6.45) is 1.17. The number of oxazole rings is 2. The summed E-state index contributed by atoms with van der Waals surface area (Å²) in [6.45, 7) is 7.19. The van der Waals surface area contributed by atoms with E-state index >= 15 is 0 Å². The lowest BCUT2D eigenvalue weighted by atomic mass is 9.72. The number of hydrogen-bond donors (Lipinski definition) is 7. The highest BCUT2D eigenvalue weighted by Crippen LogP contribution is 2.61. The minimum atomic E-state index is -2.91. The van der Waals surface area contributed by atoms with Crippen molar-refractivity contribution in [3.63, 3.8) is 0 Å². The van der Waals surface area contributed by atoms with Crippen molar-refractivity contribution in [1.82, 2.24) is 25.3 Å². The Morgan fingerprint density at radius 1 is 0.983 bits per heavy atom. The van der Waals surface area contributed by atoms with Crippen LogP contribution in [-0.4, -0.2) is 64.5 Å². The van der Waals surface area contributed by atoms with E-state index in [2.05, 4.69) is 20.6 Å². The monoisotopic (exact) mass is 856 g/mol. The van der Waals surface area contributed by atoms with Crippen molar-refractivity contribution in [3.8, 4) is 39.8 Å². The first kappa shape index (κ1) is 38.8. The normalized spacial score (nSPS) is 21.3. The van der Waals surface area contributed by atoms with Gasteiger partial charge >= 0.3 is 17.2 Å². The lowest BCUT2D eigenvalue weighted by Gasteiger charge is -2.29. The molecule has 0 fully saturated rings. The first-order chi connectivity index (χ1) is 28.8. The summed E-state index contributed by atoms with van der Waals surface area (Å²) in [4.78, 5) is 81.5. The quantitative estimate of drug-likeness (QED) is 0.0569. The fourth-order valence-corrected chi connectivity index (χ4v) is 9.33. The SMILES string of the molecule is CC(C)C1NC(=O)[C@@H](NC(=O)[C@@H](OOP(O)O)C(C)C)Cc2ccc3c(c2)C24c5cccc(c5NC2O3)-c2cccc3c2c(cn3OP(O)O)-c2cnc(o2)-c2nc1oc24. The topological polar surface area (TPSA) is 245 Å². The molecular weight excluding hydrogens is 818 g/mol. The standard InChI is InChI=1S/C40H38N6O12P2/c1-17(2)30-38-44-32-34(55-38)40-23-9-5-8-21(20-7-6-10-26-29(20)22(16-46(26)57-59(49)50)28-15-41-37(32)53-28)31(23)45-39(40)54-27-12-11-19(13-24(27)40)14-25(35(47)43-30)42-36(48)33(18(3)4)56-58-60(51)52/h5-13,15-18,25,30,33,39,45,49-52H,14H2,1-4H3,(H,42,48)(H,43,47)/t25-,30?,33-,39?,40?/m0/s1. The van der Waals surface area contributed by atoms with Gasteiger partial charge in [0.15, 0.2) is 29.5 Å². The molecule has 6 aromatic rings. The van der Waals surface area contributed by atoms with Crippen LogP contribution in [-0.2, 0) is 31.0 Å². The van der Waals surface area contributed by atoms with E-state index in [1.165, 1.54) is 4.73 Å². The Hall–Kier alpha value is -5.42. The van der Waals surface area contributed by atoms with Gasteiger partial charge in [0, 0.05) is 39.7 Å². The minimum Gasteiger partial charge on any atom is -0.469 e. The Kier molecular flexibility index (Phi) is 9.27. The largest absolute Gasteiger partial charge is 0.469 e. The zero-order chi connectivity index (χ0) is 41.8. The molecular formula is C40H38N6O12P2. The molecule has 18 nitrogen and oxygen atoms in total. The highest BCUT2D eigenvalue weighted by molar-refractivity contribution is 7.39. The fraction of sp³-hybridized carbons (Fsp3) is 0.300. The number of para-hydroxylation sites is 1. The molecule has 310 valence electrons. The Balaban J connectivity index is 1.21. The van der Waals surface area contributed by atoms with Crippen LogP contribution in [0.4, 0.5) is 5.69 Å². The Labute approximate surface area is 343 Å². The maximum Gasteiger partial charge on any atom is 0.412 e. The number of hydrogen-bond acceptors (Lipinski definition) is 15. The number of benzene rings is 3. The van der Waals surface area contributed by atoms with Crippen LogP contribution in [0, 0.1) is 11.8 Å². The predicted octanol–water partition coefficient (Wildman–Crippen LogP) is 5.09. The van der Waals surface area contributed by atoms with Crippen LogP contribution in [0.15, 0.2) is 75.8 Å². The Bertz CT molecular complexity index is 2710. The van der Waals surface area contributed by atoms with Gasteiger partial charge in [-0.3, -0.25) is 9.59 Å². The van der Waals surface area contributed by atoms with Crippen LogP contribution in [0.3, 0.4) is 0 Å². The number of carbonyl (C=O) groups is 2. The molecule has 3 unspecified atom stereocenters. The maximum atomic E-state index is 14.4. The highest BCUT2D eigenvalue weighted by atomic mass is 31.2. The molecule has 10 rings (SSSR count). The van der Waals surface area contributed by atoms with Crippen LogP contribution in [0.2, 0.25) is 0 Å². The molecule has 2 amide bonds.